The van der Waals surface area contributed by atoms with E-state index in [1.165, 1.54) is 17.6 Å². The number of hydrogen-bond donors (Lipinski definition) is 3. The van der Waals surface area contributed by atoms with E-state index in [4.69, 9.17) is 5.21 Å². The first-order chi connectivity index (χ1) is 11.1. The summed E-state index contributed by atoms with van der Waals surface area (Å²) in [5, 5.41) is 18.3. The molecule has 10 nitrogen and oxygen atoms in total. The van der Waals surface area contributed by atoms with Gasteiger partial charge >= 0.3 is 17.3 Å². The van der Waals surface area contributed by atoms with Gasteiger partial charge < -0.3 is 5.11 Å². The molecule has 0 bridgehead atoms. The molecule has 0 aliphatic carbocycles. The van der Waals surface area contributed by atoms with E-state index in [1.807, 2.05) is 0 Å². The van der Waals surface area contributed by atoms with E-state index in [0.717, 1.165) is 13.9 Å². The number of allylic oxidation sites excluding steroid dienone is 1. The van der Waals surface area contributed by atoms with Gasteiger partial charge in [-0.25, -0.2) is 33.8 Å². The van der Waals surface area contributed by atoms with E-state index in [9.17, 15) is 24.3 Å². The fourth-order valence-electron chi connectivity index (χ4n) is 2.93. The van der Waals surface area contributed by atoms with Crippen LogP contribution in [0.15, 0.2) is 21.7 Å². The van der Waals surface area contributed by atoms with Crippen LogP contribution in [0.2, 0.25) is 0 Å². The third-order valence-electron chi connectivity index (χ3n) is 4.23. The van der Waals surface area contributed by atoms with Gasteiger partial charge in [-0.3, -0.25) is 10.0 Å². The Kier molecular flexibility index (Phi) is 4.27. The summed E-state index contributed by atoms with van der Waals surface area (Å²) in [6, 6.07) is 0. The highest BCUT2D eigenvalue weighted by molar-refractivity contribution is 5.80. The predicted octanol–water partition coefficient (Wildman–Crippen LogP) is -0.897. The minimum Gasteiger partial charge on any atom is -0.479 e. The highest BCUT2D eigenvalue weighted by Gasteiger charge is 2.53. The molecule has 132 valence electrons. The van der Waals surface area contributed by atoms with E-state index in [2.05, 4.69) is 0 Å². The van der Waals surface area contributed by atoms with Crippen LogP contribution in [0.4, 0.5) is 0 Å². The molecule has 1 aliphatic rings. The van der Waals surface area contributed by atoms with E-state index in [-0.39, 0.29) is 19.5 Å². The van der Waals surface area contributed by atoms with Gasteiger partial charge in [0, 0.05) is 18.4 Å². The average molecular weight is 340 g/mol. The van der Waals surface area contributed by atoms with Crippen LogP contribution in [-0.4, -0.2) is 36.1 Å². The van der Waals surface area contributed by atoms with Crippen LogP contribution in [0.25, 0.3) is 0 Å². The Balaban J connectivity index is 2.69. The Morgan fingerprint density at radius 3 is 2.42 bits per heavy atom. The number of hydroxylamine groups is 1. The molecule has 10 heteroatoms. The van der Waals surface area contributed by atoms with Crippen molar-refractivity contribution in [1.29, 1.82) is 0 Å². The van der Waals surface area contributed by atoms with E-state index < -0.39 is 34.2 Å². The van der Waals surface area contributed by atoms with Crippen molar-refractivity contribution in [3.63, 3.8) is 0 Å². The summed E-state index contributed by atoms with van der Waals surface area (Å²) in [6.07, 6.45) is 2.66. The van der Waals surface area contributed by atoms with Crippen molar-refractivity contribution < 1.29 is 19.9 Å². The van der Waals surface area contributed by atoms with Gasteiger partial charge in [-0.05, 0) is 6.08 Å². The number of carboxylic acid groups (broad SMARTS) is 1. The highest BCUT2D eigenvalue weighted by atomic mass is 16.5. The molecule has 0 radical (unpaired) electrons. The molecule has 2 rings (SSSR count). The molecule has 0 aromatic carbocycles. The van der Waals surface area contributed by atoms with E-state index in [1.54, 1.807) is 20.8 Å². The summed E-state index contributed by atoms with van der Waals surface area (Å²) in [4.78, 5) is 48.4. The number of carbonyl (C=O) groups is 2. The number of nitrogens with one attached hydrogen (secondary N) is 1. The van der Waals surface area contributed by atoms with Gasteiger partial charge in [-0.15, -0.1) is 0 Å². The SMILES string of the molecule is CC(C)(C)C1(C(=O)O)C=CCn2c(=O)n(CCC(=O)NO)c(=O)n21. The number of aromatic nitrogens is 3. The molecule has 24 heavy (non-hydrogen) atoms. The van der Waals surface area contributed by atoms with Crippen LogP contribution in [0.5, 0.6) is 0 Å². The molecule has 1 aromatic rings. The standard InChI is InChI=1S/C14H20N4O6/c1-13(2,3)14(10(20)21)6-4-7-17-11(22)16(12(23)18(14)17)8-5-9(19)15-24/h4,6,24H,5,7-8H2,1-3H3,(H,15,19)(H,20,21). The molecule has 0 spiro atoms. The third kappa shape index (κ3) is 2.39. The van der Waals surface area contributed by atoms with Crippen molar-refractivity contribution in [2.75, 3.05) is 0 Å². The Morgan fingerprint density at radius 2 is 1.92 bits per heavy atom. The zero-order valence-electron chi connectivity index (χ0n) is 13.6. The lowest BCUT2D eigenvalue weighted by atomic mass is 9.73. The van der Waals surface area contributed by atoms with Gasteiger partial charge in [0.25, 0.3) is 0 Å². The monoisotopic (exact) mass is 340 g/mol. The Morgan fingerprint density at radius 1 is 1.29 bits per heavy atom. The zero-order chi connectivity index (χ0) is 18.3. The number of amides is 1. The smallest absolute Gasteiger partial charge is 0.348 e. The van der Waals surface area contributed by atoms with Gasteiger partial charge in [-0.2, -0.15) is 0 Å². The summed E-state index contributed by atoms with van der Waals surface area (Å²) in [5.74, 6) is -2.01. The number of aliphatic carboxylic acids is 1. The van der Waals surface area contributed by atoms with Crippen molar-refractivity contribution in [3.8, 4) is 0 Å². The Labute approximate surface area is 136 Å². The quantitative estimate of drug-likeness (QED) is 0.369. The van der Waals surface area contributed by atoms with Gasteiger partial charge in [0.05, 0.1) is 6.54 Å². The molecular weight excluding hydrogens is 320 g/mol. The topological polar surface area (TPSA) is 136 Å². The third-order valence-corrected chi connectivity index (χ3v) is 4.23. The molecule has 0 fully saturated rings. The molecule has 0 saturated carbocycles. The van der Waals surface area contributed by atoms with Crippen LogP contribution in [0.1, 0.15) is 27.2 Å². The zero-order valence-corrected chi connectivity index (χ0v) is 13.6. The van der Waals surface area contributed by atoms with Crippen LogP contribution < -0.4 is 16.9 Å². The van der Waals surface area contributed by atoms with E-state index in [0.29, 0.717) is 0 Å². The van der Waals surface area contributed by atoms with Crippen LogP contribution in [0, 0.1) is 5.41 Å². The fraction of sp³-hybridized carbons (Fsp3) is 0.571. The summed E-state index contributed by atoms with van der Waals surface area (Å²) in [5.41, 5.74) is -2.73. The minimum absolute atomic E-state index is 0.0539. The summed E-state index contributed by atoms with van der Waals surface area (Å²) < 4.78 is 2.79. The van der Waals surface area contributed by atoms with Crippen LogP contribution in [0.3, 0.4) is 0 Å². The molecule has 1 unspecified atom stereocenters. The summed E-state index contributed by atoms with van der Waals surface area (Å²) in [6.45, 7) is 4.77. The summed E-state index contributed by atoms with van der Waals surface area (Å²) in [7, 11) is 0. The average Bonchev–Trinajstić information content (AvgIpc) is 2.75. The molecule has 0 saturated heterocycles. The molecule has 1 atom stereocenters. The van der Waals surface area contributed by atoms with Crippen molar-refractivity contribution in [2.24, 2.45) is 5.41 Å². The van der Waals surface area contributed by atoms with Gasteiger partial charge in [0.2, 0.25) is 5.91 Å². The molecule has 3 N–H and O–H groups in total. The van der Waals surface area contributed by atoms with Gasteiger partial charge in [0.1, 0.15) is 0 Å². The second-order valence-corrected chi connectivity index (χ2v) is 6.62. The first-order valence-electron chi connectivity index (χ1n) is 7.35. The minimum atomic E-state index is -1.73. The maximum absolute atomic E-state index is 12.7. The summed E-state index contributed by atoms with van der Waals surface area (Å²) >= 11 is 0. The van der Waals surface area contributed by atoms with Crippen LogP contribution >= 0.6 is 0 Å². The molecular formula is C14H20N4O6. The number of carboxylic acids is 1. The largest absolute Gasteiger partial charge is 0.479 e. The van der Waals surface area contributed by atoms with Crippen LogP contribution in [-0.2, 0) is 28.2 Å². The van der Waals surface area contributed by atoms with Gasteiger partial charge in [-0.1, -0.05) is 26.8 Å². The second kappa shape index (κ2) is 5.78. The normalized spacial score (nSPS) is 19.8. The number of fused-ring (bicyclic) bond motifs is 1. The van der Waals surface area contributed by atoms with Crippen molar-refractivity contribution >= 4 is 11.9 Å². The lowest BCUT2D eigenvalue weighted by Crippen LogP contribution is -2.58. The van der Waals surface area contributed by atoms with Crippen molar-refractivity contribution in [1.82, 2.24) is 19.4 Å². The number of carbonyl (C=O) groups excluding carboxylic acids is 1. The van der Waals surface area contributed by atoms with Crippen molar-refractivity contribution in [3.05, 3.63) is 33.1 Å². The van der Waals surface area contributed by atoms with Gasteiger partial charge in [0.15, 0.2) is 5.54 Å². The number of nitrogens with zero attached hydrogens (tertiary/aromatic N) is 3. The second-order valence-electron chi connectivity index (χ2n) is 6.62. The fourth-order valence-corrected chi connectivity index (χ4v) is 2.93. The predicted molar refractivity (Wildman–Crippen MR) is 81.7 cm³/mol. The highest BCUT2D eigenvalue weighted by Crippen LogP contribution is 2.39. The molecule has 1 amide bonds. The first kappa shape index (κ1) is 17.7. The first-order valence-corrected chi connectivity index (χ1v) is 7.35. The lowest BCUT2D eigenvalue weighted by molar-refractivity contribution is -0.152. The van der Waals surface area contributed by atoms with Crippen molar-refractivity contribution in [2.45, 2.75) is 45.8 Å². The lowest BCUT2D eigenvalue weighted by Gasteiger charge is -2.41. The van der Waals surface area contributed by atoms with E-state index >= 15 is 0 Å². The maximum Gasteiger partial charge on any atom is 0.348 e. The Hall–Kier alpha value is -2.62. The molecule has 1 aromatic heterocycles. The number of rotatable bonds is 4. The molecule has 2 heterocycles. The Bertz CT molecular complexity index is 822. The number of hydrogen-bond acceptors (Lipinski definition) is 5. The molecule has 1 aliphatic heterocycles. The maximum atomic E-state index is 12.7.